The Morgan fingerprint density at radius 1 is 1.41 bits per heavy atom. The maximum absolute atomic E-state index is 11.8. The molecule has 1 unspecified atom stereocenters. The molecule has 2 N–H and O–H groups in total. The summed E-state index contributed by atoms with van der Waals surface area (Å²) in [5.74, 6) is -0.0164. The number of rotatable bonds is 4. The molecule has 1 atom stereocenters. The van der Waals surface area contributed by atoms with Gasteiger partial charge in [0.05, 0.1) is 21.7 Å². The van der Waals surface area contributed by atoms with Crippen LogP contribution in [0.15, 0.2) is 18.2 Å². The molecular weight excluding hydrogens is 261 g/mol. The van der Waals surface area contributed by atoms with Gasteiger partial charge in [0, 0.05) is 6.54 Å². The zero-order valence-corrected chi connectivity index (χ0v) is 10.6. The van der Waals surface area contributed by atoms with E-state index in [1.807, 2.05) is 0 Å². The molecule has 1 aliphatic rings. The molecule has 0 aromatic heterocycles. The van der Waals surface area contributed by atoms with Gasteiger partial charge in [-0.2, -0.15) is 0 Å². The van der Waals surface area contributed by atoms with Gasteiger partial charge in [0.15, 0.2) is 0 Å². The molecule has 1 aliphatic carbocycles. The molecule has 3 nitrogen and oxygen atoms in total. The third-order valence-corrected chi connectivity index (χ3v) is 3.46. The Hall–Kier alpha value is -0.770. The van der Waals surface area contributed by atoms with E-state index < -0.39 is 6.10 Å². The van der Waals surface area contributed by atoms with Crippen molar-refractivity contribution in [3.8, 4) is 0 Å². The summed E-state index contributed by atoms with van der Waals surface area (Å²) in [5, 5.41) is 12.9. The molecule has 0 radical (unpaired) electrons. The summed E-state index contributed by atoms with van der Waals surface area (Å²) in [6.45, 7) is 0.241. The van der Waals surface area contributed by atoms with Crippen LogP contribution in [-0.4, -0.2) is 23.7 Å². The largest absolute Gasteiger partial charge is 0.391 e. The van der Waals surface area contributed by atoms with Crippen molar-refractivity contribution in [3.05, 3.63) is 33.8 Å². The van der Waals surface area contributed by atoms with Crippen molar-refractivity contribution in [2.45, 2.75) is 18.9 Å². The number of aliphatic hydroxyl groups excluding tert-OH is 1. The van der Waals surface area contributed by atoms with E-state index in [2.05, 4.69) is 5.32 Å². The van der Waals surface area contributed by atoms with Gasteiger partial charge < -0.3 is 10.4 Å². The van der Waals surface area contributed by atoms with Gasteiger partial charge in [0.1, 0.15) is 0 Å². The summed E-state index contributed by atoms with van der Waals surface area (Å²) < 4.78 is 0. The Morgan fingerprint density at radius 3 is 2.53 bits per heavy atom. The lowest BCUT2D eigenvalue weighted by atomic mass is 10.2. The first-order valence-electron chi connectivity index (χ1n) is 5.50. The van der Waals surface area contributed by atoms with Gasteiger partial charge in [-0.05, 0) is 30.9 Å². The van der Waals surface area contributed by atoms with Crippen molar-refractivity contribution in [2.75, 3.05) is 6.54 Å². The molecule has 1 fully saturated rings. The Morgan fingerprint density at radius 2 is 2.00 bits per heavy atom. The van der Waals surface area contributed by atoms with Crippen LogP contribution in [-0.2, 0) is 0 Å². The topological polar surface area (TPSA) is 49.3 Å². The maximum atomic E-state index is 11.8. The van der Waals surface area contributed by atoms with E-state index in [-0.39, 0.29) is 18.0 Å². The highest BCUT2D eigenvalue weighted by molar-refractivity contribution is 6.39. The van der Waals surface area contributed by atoms with E-state index in [1.54, 1.807) is 18.2 Å². The van der Waals surface area contributed by atoms with Gasteiger partial charge in [-0.1, -0.05) is 29.3 Å². The van der Waals surface area contributed by atoms with Crippen LogP contribution in [0.25, 0.3) is 0 Å². The average Bonchev–Trinajstić information content (AvgIpc) is 3.09. The lowest BCUT2D eigenvalue weighted by Gasteiger charge is -2.12. The second-order valence-electron chi connectivity index (χ2n) is 4.21. The number of carbonyl (C=O) groups excluding carboxylic acids is 1. The highest BCUT2D eigenvalue weighted by Gasteiger charge is 2.30. The fourth-order valence-corrected chi connectivity index (χ4v) is 2.22. The average molecular weight is 274 g/mol. The van der Waals surface area contributed by atoms with Gasteiger partial charge in [-0.3, -0.25) is 4.79 Å². The second kappa shape index (κ2) is 5.25. The Bertz CT molecular complexity index is 412. The number of halogens is 2. The predicted molar refractivity (Wildman–Crippen MR) is 67.5 cm³/mol. The summed E-state index contributed by atoms with van der Waals surface area (Å²) in [5.41, 5.74) is 0.263. The highest BCUT2D eigenvalue weighted by atomic mass is 35.5. The number of aliphatic hydroxyl groups is 1. The fraction of sp³-hybridized carbons (Fsp3) is 0.417. The van der Waals surface area contributed by atoms with E-state index >= 15 is 0 Å². The summed E-state index contributed by atoms with van der Waals surface area (Å²) in [6, 6.07) is 4.90. The quantitative estimate of drug-likeness (QED) is 0.886. The van der Waals surface area contributed by atoms with Crippen LogP contribution in [0, 0.1) is 5.92 Å². The lowest BCUT2D eigenvalue weighted by molar-refractivity contribution is 0.0901. The van der Waals surface area contributed by atoms with Crippen molar-refractivity contribution in [2.24, 2.45) is 5.92 Å². The number of amides is 1. The molecule has 1 aromatic rings. The molecule has 0 spiro atoms. The van der Waals surface area contributed by atoms with E-state index in [9.17, 15) is 9.90 Å². The number of hydrogen-bond donors (Lipinski definition) is 2. The van der Waals surface area contributed by atoms with Crippen LogP contribution >= 0.6 is 23.2 Å². The SMILES string of the molecule is O=C(NCC(O)C1CC1)c1c(Cl)cccc1Cl. The van der Waals surface area contributed by atoms with Crippen LogP contribution in [0.1, 0.15) is 23.2 Å². The number of hydrogen-bond acceptors (Lipinski definition) is 2. The first-order valence-corrected chi connectivity index (χ1v) is 6.25. The van der Waals surface area contributed by atoms with Crippen LogP contribution in [0.2, 0.25) is 10.0 Å². The zero-order chi connectivity index (χ0) is 12.4. The summed E-state index contributed by atoms with van der Waals surface area (Å²) in [6.07, 6.45) is 1.59. The molecule has 92 valence electrons. The Labute approximate surface area is 110 Å². The van der Waals surface area contributed by atoms with E-state index in [1.165, 1.54) is 0 Å². The fourth-order valence-electron chi connectivity index (χ4n) is 1.65. The molecule has 2 rings (SSSR count). The van der Waals surface area contributed by atoms with E-state index in [4.69, 9.17) is 23.2 Å². The molecule has 0 aliphatic heterocycles. The van der Waals surface area contributed by atoms with Gasteiger partial charge in [0.2, 0.25) is 0 Å². The smallest absolute Gasteiger partial charge is 0.254 e. The van der Waals surface area contributed by atoms with Gasteiger partial charge in [-0.15, -0.1) is 0 Å². The predicted octanol–water partition coefficient (Wildman–Crippen LogP) is 2.49. The number of nitrogens with one attached hydrogen (secondary N) is 1. The first-order chi connectivity index (χ1) is 8.09. The zero-order valence-electron chi connectivity index (χ0n) is 9.12. The Balaban J connectivity index is 1.99. The molecule has 1 amide bonds. The van der Waals surface area contributed by atoms with Gasteiger partial charge in [0.25, 0.3) is 5.91 Å². The third-order valence-electron chi connectivity index (χ3n) is 2.83. The Kier molecular flexibility index (Phi) is 3.92. The third kappa shape index (κ3) is 3.12. The van der Waals surface area contributed by atoms with Crippen molar-refractivity contribution in [3.63, 3.8) is 0 Å². The van der Waals surface area contributed by atoms with Crippen LogP contribution in [0.3, 0.4) is 0 Å². The number of benzene rings is 1. The minimum atomic E-state index is -0.472. The highest BCUT2D eigenvalue weighted by Crippen LogP contribution is 2.32. The molecule has 5 heteroatoms. The minimum absolute atomic E-state index is 0.241. The number of carbonyl (C=O) groups is 1. The van der Waals surface area contributed by atoms with E-state index in [0.717, 1.165) is 12.8 Å². The van der Waals surface area contributed by atoms with Crippen molar-refractivity contribution < 1.29 is 9.90 Å². The molecule has 1 aromatic carbocycles. The second-order valence-corrected chi connectivity index (χ2v) is 5.03. The van der Waals surface area contributed by atoms with Crippen LogP contribution in [0.4, 0.5) is 0 Å². The van der Waals surface area contributed by atoms with Gasteiger partial charge in [-0.25, -0.2) is 0 Å². The molecule has 0 bridgehead atoms. The molecular formula is C12H13Cl2NO2. The molecule has 1 saturated carbocycles. The first kappa shape index (κ1) is 12.7. The van der Waals surface area contributed by atoms with E-state index in [0.29, 0.717) is 16.0 Å². The van der Waals surface area contributed by atoms with Crippen molar-refractivity contribution in [1.29, 1.82) is 0 Å². The standard InChI is InChI=1S/C12H13Cl2NO2/c13-8-2-1-3-9(14)11(8)12(17)15-6-10(16)7-4-5-7/h1-3,7,10,16H,4-6H2,(H,15,17). The minimum Gasteiger partial charge on any atom is -0.391 e. The van der Waals surface area contributed by atoms with Crippen LogP contribution in [0.5, 0.6) is 0 Å². The molecule has 0 saturated heterocycles. The lowest BCUT2D eigenvalue weighted by Crippen LogP contribution is -2.33. The van der Waals surface area contributed by atoms with Gasteiger partial charge >= 0.3 is 0 Å². The summed E-state index contributed by atoms with van der Waals surface area (Å²) in [4.78, 5) is 11.8. The monoisotopic (exact) mass is 273 g/mol. The summed E-state index contributed by atoms with van der Waals surface area (Å²) in [7, 11) is 0. The van der Waals surface area contributed by atoms with Crippen molar-refractivity contribution in [1.82, 2.24) is 5.32 Å². The molecule has 17 heavy (non-hydrogen) atoms. The van der Waals surface area contributed by atoms with Crippen LogP contribution < -0.4 is 5.32 Å². The molecule has 0 heterocycles. The normalized spacial score (nSPS) is 16.6. The maximum Gasteiger partial charge on any atom is 0.254 e. The van der Waals surface area contributed by atoms with Crippen molar-refractivity contribution >= 4 is 29.1 Å². The summed E-state index contributed by atoms with van der Waals surface area (Å²) >= 11 is 11.8.